The summed E-state index contributed by atoms with van der Waals surface area (Å²) < 4.78 is 18.6. The van der Waals surface area contributed by atoms with Crippen LogP contribution in [0.25, 0.3) is 0 Å². The second-order valence-electron chi connectivity index (χ2n) is 5.07. The molecule has 116 valence electrons. The Balaban J connectivity index is 4.72. The fraction of sp³-hybridized carbons (Fsp3) is 1.00. The molecule has 0 fully saturated rings. The molecule has 0 saturated carbocycles. The lowest BCUT2D eigenvalue weighted by atomic mass is 10.2. The summed E-state index contributed by atoms with van der Waals surface area (Å²) in [6.07, 6.45) is 6.66. The summed E-state index contributed by atoms with van der Waals surface area (Å²) in [5, 5.41) is 0. The van der Waals surface area contributed by atoms with Gasteiger partial charge >= 0.3 is 8.80 Å². The van der Waals surface area contributed by atoms with Crippen molar-refractivity contribution in [2.75, 3.05) is 13.2 Å². The molecule has 0 aromatic carbocycles. The molecule has 0 saturated heterocycles. The van der Waals surface area contributed by atoms with Gasteiger partial charge in [-0.25, -0.2) is 0 Å². The van der Waals surface area contributed by atoms with E-state index < -0.39 is 8.80 Å². The monoisotopic (exact) mass is 290 g/mol. The molecule has 0 rings (SSSR count). The quantitative estimate of drug-likeness (QED) is 0.457. The zero-order valence-electron chi connectivity index (χ0n) is 13.7. The molecule has 0 aliphatic carbocycles. The molecule has 0 aliphatic heterocycles. The molecule has 0 aromatic rings. The molecular weight excluding hydrogens is 256 g/mol. The summed E-state index contributed by atoms with van der Waals surface area (Å²) in [4.78, 5) is 0. The van der Waals surface area contributed by atoms with Crippen LogP contribution in [-0.4, -0.2) is 28.1 Å². The van der Waals surface area contributed by atoms with E-state index in [1.807, 2.05) is 0 Å². The summed E-state index contributed by atoms with van der Waals surface area (Å²) >= 11 is 0. The topological polar surface area (TPSA) is 27.7 Å². The standard InChI is InChI=1S/C15H34O3Si/c1-6-11-15(10-5)18-19(14-9-4,16-12-7-2)17-13-8-3/h15H,6-14H2,1-5H3. The predicted octanol–water partition coefficient (Wildman–Crippen LogP) is 4.78. The summed E-state index contributed by atoms with van der Waals surface area (Å²) in [6, 6.07) is 0.938. The minimum atomic E-state index is -2.46. The number of hydrogen-bond donors (Lipinski definition) is 0. The largest absolute Gasteiger partial charge is 0.501 e. The highest BCUT2D eigenvalue weighted by molar-refractivity contribution is 6.60. The third kappa shape index (κ3) is 8.08. The Morgan fingerprint density at radius 2 is 1.37 bits per heavy atom. The molecule has 4 heteroatoms. The molecule has 3 nitrogen and oxygen atoms in total. The summed E-state index contributed by atoms with van der Waals surface area (Å²) in [6.45, 7) is 12.3. The van der Waals surface area contributed by atoms with Gasteiger partial charge in [-0.1, -0.05) is 47.5 Å². The second kappa shape index (κ2) is 11.9. The van der Waals surface area contributed by atoms with Gasteiger partial charge in [-0.05, 0) is 25.7 Å². The molecule has 1 atom stereocenters. The lowest BCUT2D eigenvalue weighted by Gasteiger charge is -2.33. The molecule has 0 radical (unpaired) electrons. The third-order valence-corrected chi connectivity index (χ3v) is 6.11. The van der Waals surface area contributed by atoms with Crippen molar-refractivity contribution in [3.05, 3.63) is 0 Å². The molecule has 0 heterocycles. The van der Waals surface area contributed by atoms with Crippen LogP contribution in [0.2, 0.25) is 6.04 Å². The van der Waals surface area contributed by atoms with Gasteiger partial charge in [-0.2, -0.15) is 0 Å². The average molecular weight is 291 g/mol. The van der Waals surface area contributed by atoms with Gasteiger partial charge in [-0.15, -0.1) is 0 Å². The highest BCUT2D eigenvalue weighted by Gasteiger charge is 2.41. The molecule has 0 spiro atoms. The Hall–Kier alpha value is 0.0969. The molecular formula is C15H34O3Si. The molecule has 0 aromatic heterocycles. The van der Waals surface area contributed by atoms with E-state index in [9.17, 15) is 0 Å². The summed E-state index contributed by atoms with van der Waals surface area (Å²) in [5.74, 6) is 0. The van der Waals surface area contributed by atoms with Crippen molar-refractivity contribution in [3.8, 4) is 0 Å². The molecule has 0 amide bonds. The lowest BCUT2D eigenvalue weighted by Crippen LogP contribution is -2.48. The Morgan fingerprint density at radius 3 is 1.74 bits per heavy atom. The average Bonchev–Trinajstić information content (AvgIpc) is 2.42. The van der Waals surface area contributed by atoms with Crippen LogP contribution in [0.1, 0.15) is 73.1 Å². The van der Waals surface area contributed by atoms with Crippen molar-refractivity contribution in [3.63, 3.8) is 0 Å². The van der Waals surface area contributed by atoms with E-state index >= 15 is 0 Å². The van der Waals surface area contributed by atoms with E-state index in [1.165, 1.54) is 0 Å². The van der Waals surface area contributed by atoms with Gasteiger partial charge in [0.2, 0.25) is 0 Å². The van der Waals surface area contributed by atoms with Crippen LogP contribution in [0, 0.1) is 0 Å². The van der Waals surface area contributed by atoms with Crippen LogP contribution in [-0.2, 0) is 13.3 Å². The Labute approximate surface area is 121 Å². The highest BCUT2D eigenvalue weighted by atomic mass is 28.4. The number of rotatable bonds is 13. The van der Waals surface area contributed by atoms with Crippen molar-refractivity contribution in [1.82, 2.24) is 0 Å². The van der Waals surface area contributed by atoms with E-state index in [0.717, 1.165) is 57.8 Å². The zero-order valence-corrected chi connectivity index (χ0v) is 14.7. The fourth-order valence-corrected chi connectivity index (χ4v) is 5.12. The van der Waals surface area contributed by atoms with Gasteiger partial charge in [0.05, 0.1) is 0 Å². The lowest BCUT2D eigenvalue weighted by molar-refractivity contribution is 0.0219. The molecule has 1 unspecified atom stereocenters. The van der Waals surface area contributed by atoms with Gasteiger partial charge in [0.1, 0.15) is 0 Å². The Kier molecular flexibility index (Phi) is 11.9. The van der Waals surface area contributed by atoms with Crippen LogP contribution >= 0.6 is 0 Å². The van der Waals surface area contributed by atoms with Crippen LogP contribution < -0.4 is 0 Å². The second-order valence-corrected chi connectivity index (χ2v) is 7.75. The van der Waals surface area contributed by atoms with E-state index in [1.54, 1.807) is 0 Å². The Bertz CT molecular complexity index is 192. The van der Waals surface area contributed by atoms with Gasteiger partial charge in [-0.3, -0.25) is 0 Å². The third-order valence-electron chi connectivity index (χ3n) is 3.02. The minimum absolute atomic E-state index is 0.289. The van der Waals surface area contributed by atoms with Gasteiger partial charge in [0, 0.05) is 25.4 Å². The van der Waals surface area contributed by atoms with Crippen LogP contribution in [0.5, 0.6) is 0 Å². The normalized spacial score (nSPS) is 13.7. The van der Waals surface area contributed by atoms with Crippen molar-refractivity contribution >= 4 is 8.80 Å². The van der Waals surface area contributed by atoms with Crippen molar-refractivity contribution < 1.29 is 13.3 Å². The van der Waals surface area contributed by atoms with Crippen LogP contribution in [0.15, 0.2) is 0 Å². The maximum absolute atomic E-state index is 6.37. The first kappa shape index (κ1) is 19.1. The zero-order chi connectivity index (χ0) is 14.6. The van der Waals surface area contributed by atoms with E-state index in [-0.39, 0.29) is 6.10 Å². The maximum Gasteiger partial charge on any atom is 0.501 e. The molecule has 19 heavy (non-hydrogen) atoms. The van der Waals surface area contributed by atoms with E-state index in [0.29, 0.717) is 0 Å². The SMILES string of the molecule is CCCO[Si](CCC)(OCCC)OC(CC)CCC. The van der Waals surface area contributed by atoms with Gasteiger partial charge in [0.25, 0.3) is 0 Å². The number of hydrogen-bond acceptors (Lipinski definition) is 3. The van der Waals surface area contributed by atoms with Crippen molar-refractivity contribution in [1.29, 1.82) is 0 Å². The first-order chi connectivity index (χ1) is 9.17. The van der Waals surface area contributed by atoms with E-state index in [2.05, 4.69) is 34.6 Å². The van der Waals surface area contributed by atoms with Crippen LogP contribution in [0.4, 0.5) is 0 Å². The first-order valence-electron chi connectivity index (χ1n) is 8.13. The maximum atomic E-state index is 6.37. The minimum Gasteiger partial charge on any atom is -0.373 e. The van der Waals surface area contributed by atoms with Crippen molar-refractivity contribution in [2.45, 2.75) is 85.3 Å². The summed E-state index contributed by atoms with van der Waals surface area (Å²) in [7, 11) is -2.46. The molecule has 0 N–H and O–H groups in total. The smallest absolute Gasteiger partial charge is 0.373 e. The summed E-state index contributed by atoms with van der Waals surface area (Å²) in [5.41, 5.74) is 0. The fourth-order valence-electron chi connectivity index (χ4n) is 2.06. The van der Waals surface area contributed by atoms with E-state index in [4.69, 9.17) is 13.3 Å². The Morgan fingerprint density at radius 1 is 0.789 bits per heavy atom. The van der Waals surface area contributed by atoms with Gasteiger partial charge in [0.15, 0.2) is 0 Å². The highest BCUT2D eigenvalue weighted by Crippen LogP contribution is 2.23. The molecule has 0 bridgehead atoms. The van der Waals surface area contributed by atoms with Gasteiger partial charge < -0.3 is 13.3 Å². The van der Waals surface area contributed by atoms with Crippen molar-refractivity contribution in [2.24, 2.45) is 0 Å². The van der Waals surface area contributed by atoms with Crippen LogP contribution in [0.3, 0.4) is 0 Å². The molecule has 0 aliphatic rings. The predicted molar refractivity (Wildman–Crippen MR) is 83.4 cm³/mol. The first-order valence-corrected chi connectivity index (χ1v) is 10.1.